The molecule has 7 N–H and O–H groups in total. The molecule has 1 aromatic rings. The number of carbonyl (C=O) groups is 1. The number of carboxylic acid groups (broad SMARTS) is 1. The standard InChI is InChI=1S/C10H14N2O3/c1-15-9-5-6(2-3-7(9)11)4-8(12)10(13)14/h2-3,5,8H,4,11-12H2,1H3,(H,13,14)/p+2. The van der Waals surface area contributed by atoms with Crippen LogP contribution in [0.1, 0.15) is 5.56 Å². The maximum Gasteiger partial charge on any atom is 0.362 e. The molecule has 15 heavy (non-hydrogen) atoms. The number of hydrogen-bond acceptors (Lipinski definition) is 2. The molecule has 0 saturated carbocycles. The summed E-state index contributed by atoms with van der Waals surface area (Å²) in [5, 5.41) is 8.72. The van der Waals surface area contributed by atoms with Gasteiger partial charge in [-0.05, 0) is 11.6 Å². The van der Waals surface area contributed by atoms with Crippen LogP contribution in [0, 0.1) is 0 Å². The molecule has 5 nitrogen and oxygen atoms in total. The van der Waals surface area contributed by atoms with E-state index in [4.69, 9.17) is 9.84 Å². The second kappa shape index (κ2) is 4.77. The molecule has 0 amide bonds. The summed E-state index contributed by atoms with van der Waals surface area (Å²) in [6.45, 7) is 0. The topological polar surface area (TPSA) is 102 Å². The van der Waals surface area contributed by atoms with Crippen LogP contribution in [-0.2, 0) is 11.2 Å². The monoisotopic (exact) mass is 212 g/mol. The average Bonchev–Trinajstić information content (AvgIpc) is 2.20. The summed E-state index contributed by atoms with van der Waals surface area (Å²) in [7, 11) is 1.56. The summed E-state index contributed by atoms with van der Waals surface area (Å²) in [6, 6.07) is 4.81. The van der Waals surface area contributed by atoms with Gasteiger partial charge in [-0.3, -0.25) is 0 Å². The van der Waals surface area contributed by atoms with Gasteiger partial charge in [-0.15, -0.1) is 0 Å². The minimum absolute atomic E-state index is 0.395. The summed E-state index contributed by atoms with van der Waals surface area (Å²) < 4.78 is 5.10. The smallest absolute Gasteiger partial charge is 0.362 e. The Kier molecular flexibility index (Phi) is 3.65. The first kappa shape index (κ1) is 11.5. The number of carboxylic acids is 1. The lowest BCUT2D eigenvalue weighted by atomic mass is 10.1. The highest BCUT2D eigenvalue weighted by atomic mass is 16.5. The molecule has 0 radical (unpaired) electrons. The van der Waals surface area contributed by atoms with E-state index in [2.05, 4.69) is 11.5 Å². The van der Waals surface area contributed by atoms with Gasteiger partial charge in [0.25, 0.3) is 0 Å². The summed E-state index contributed by atoms with van der Waals surface area (Å²) in [5.74, 6) is -0.224. The third-order valence-electron chi connectivity index (χ3n) is 2.18. The van der Waals surface area contributed by atoms with E-state index in [9.17, 15) is 4.79 Å². The first-order chi connectivity index (χ1) is 7.04. The Hall–Kier alpha value is -1.59. The van der Waals surface area contributed by atoms with Crippen LogP contribution >= 0.6 is 0 Å². The molecule has 0 saturated heterocycles. The number of rotatable bonds is 4. The predicted octanol–water partition coefficient (Wildman–Crippen LogP) is -1.19. The number of quaternary nitrogens is 2. The highest BCUT2D eigenvalue weighted by molar-refractivity contribution is 5.72. The van der Waals surface area contributed by atoms with Crippen molar-refractivity contribution >= 4 is 11.7 Å². The normalized spacial score (nSPS) is 12.2. The van der Waals surface area contributed by atoms with E-state index in [-0.39, 0.29) is 0 Å². The second-order valence-electron chi connectivity index (χ2n) is 3.39. The van der Waals surface area contributed by atoms with Crippen LogP contribution < -0.4 is 16.2 Å². The molecule has 1 unspecified atom stereocenters. The lowest BCUT2D eigenvalue weighted by Gasteiger charge is -2.06. The van der Waals surface area contributed by atoms with Crippen molar-refractivity contribution in [2.45, 2.75) is 12.5 Å². The number of ether oxygens (including phenoxy) is 1. The lowest BCUT2D eigenvalue weighted by Crippen LogP contribution is -2.65. The van der Waals surface area contributed by atoms with E-state index in [1.54, 1.807) is 13.2 Å². The molecular weight excluding hydrogens is 196 g/mol. The molecule has 0 aliphatic rings. The van der Waals surface area contributed by atoms with Crippen molar-refractivity contribution in [3.63, 3.8) is 0 Å². The fraction of sp³-hybridized carbons (Fsp3) is 0.300. The van der Waals surface area contributed by atoms with Gasteiger partial charge in [0.15, 0.2) is 17.5 Å². The summed E-state index contributed by atoms with van der Waals surface area (Å²) in [5.41, 5.74) is 9.02. The molecule has 0 aliphatic carbocycles. The lowest BCUT2D eigenvalue weighted by molar-refractivity contribution is -0.407. The van der Waals surface area contributed by atoms with Gasteiger partial charge in [0.1, 0.15) is 0 Å². The van der Waals surface area contributed by atoms with Crippen LogP contribution in [-0.4, -0.2) is 24.2 Å². The molecular formula is C10H16N2O3+2. The van der Waals surface area contributed by atoms with Gasteiger partial charge in [0, 0.05) is 12.5 Å². The SMILES string of the molecule is COc1cc(CC([NH3+])C(=O)O)ccc1[NH3+]. The molecule has 0 heterocycles. The Labute approximate surface area is 87.6 Å². The van der Waals surface area contributed by atoms with Gasteiger partial charge in [0.2, 0.25) is 0 Å². The number of aliphatic carboxylic acids is 1. The van der Waals surface area contributed by atoms with Gasteiger partial charge in [-0.1, -0.05) is 6.07 Å². The molecule has 82 valence electrons. The summed E-state index contributed by atoms with van der Waals surface area (Å²) >= 11 is 0. The Balaban J connectivity index is 2.83. The molecule has 0 aromatic heterocycles. The van der Waals surface area contributed by atoms with Crippen molar-refractivity contribution in [2.75, 3.05) is 7.11 Å². The average molecular weight is 212 g/mol. The van der Waals surface area contributed by atoms with Crippen LogP contribution in [0.5, 0.6) is 5.75 Å². The fourth-order valence-corrected chi connectivity index (χ4v) is 1.29. The Morgan fingerprint density at radius 1 is 1.60 bits per heavy atom. The second-order valence-corrected chi connectivity index (χ2v) is 3.39. The Morgan fingerprint density at radius 2 is 2.27 bits per heavy atom. The maximum atomic E-state index is 10.6. The zero-order valence-electron chi connectivity index (χ0n) is 8.69. The minimum atomic E-state index is -0.896. The maximum absolute atomic E-state index is 10.6. The van der Waals surface area contributed by atoms with Crippen molar-refractivity contribution in [1.29, 1.82) is 0 Å². The van der Waals surface area contributed by atoms with Crippen molar-refractivity contribution in [1.82, 2.24) is 0 Å². The van der Waals surface area contributed by atoms with Crippen molar-refractivity contribution in [3.05, 3.63) is 23.8 Å². The number of methoxy groups -OCH3 is 1. The van der Waals surface area contributed by atoms with Crippen LogP contribution in [0.4, 0.5) is 5.69 Å². The zero-order valence-corrected chi connectivity index (χ0v) is 8.69. The molecule has 1 atom stereocenters. The van der Waals surface area contributed by atoms with Gasteiger partial charge >= 0.3 is 5.97 Å². The van der Waals surface area contributed by atoms with Crippen LogP contribution in [0.15, 0.2) is 18.2 Å². The Morgan fingerprint density at radius 3 is 2.80 bits per heavy atom. The van der Waals surface area contributed by atoms with E-state index >= 15 is 0 Å². The highest BCUT2D eigenvalue weighted by Crippen LogP contribution is 2.21. The van der Waals surface area contributed by atoms with Gasteiger partial charge < -0.3 is 21.3 Å². The van der Waals surface area contributed by atoms with Crippen LogP contribution in [0.25, 0.3) is 0 Å². The molecule has 0 fully saturated rings. The molecule has 0 bridgehead atoms. The third-order valence-corrected chi connectivity index (χ3v) is 2.18. The fourth-order valence-electron chi connectivity index (χ4n) is 1.29. The quantitative estimate of drug-likeness (QED) is 0.584. The van der Waals surface area contributed by atoms with Crippen molar-refractivity contribution in [2.24, 2.45) is 0 Å². The van der Waals surface area contributed by atoms with E-state index in [1.165, 1.54) is 0 Å². The van der Waals surface area contributed by atoms with E-state index < -0.39 is 12.0 Å². The van der Waals surface area contributed by atoms with Gasteiger partial charge in [-0.25, -0.2) is 4.79 Å². The van der Waals surface area contributed by atoms with Gasteiger partial charge in [0.05, 0.1) is 7.11 Å². The predicted molar refractivity (Wildman–Crippen MR) is 53.6 cm³/mol. The highest BCUT2D eigenvalue weighted by Gasteiger charge is 2.17. The van der Waals surface area contributed by atoms with E-state index in [0.29, 0.717) is 12.2 Å². The molecule has 5 heteroatoms. The summed E-state index contributed by atoms with van der Waals surface area (Å²) in [6.07, 6.45) is 0.395. The summed E-state index contributed by atoms with van der Waals surface area (Å²) in [4.78, 5) is 10.6. The number of hydrogen-bond donors (Lipinski definition) is 3. The molecule has 0 spiro atoms. The Bertz CT molecular complexity index is 366. The van der Waals surface area contributed by atoms with E-state index in [0.717, 1.165) is 11.3 Å². The molecule has 1 aromatic carbocycles. The van der Waals surface area contributed by atoms with Gasteiger partial charge in [-0.2, -0.15) is 0 Å². The van der Waals surface area contributed by atoms with Crippen molar-refractivity contribution in [3.8, 4) is 5.75 Å². The van der Waals surface area contributed by atoms with Crippen molar-refractivity contribution < 1.29 is 26.1 Å². The third kappa shape index (κ3) is 2.93. The van der Waals surface area contributed by atoms with Crippen LogP contribution in [0.3, 0.4) is 0 Å². The first-order valence-corrected chi connectivity index (χ1v) is 4.59. The molecule has 1 rings (SSSR count). The van der Waals surface area contributed by atoms with E-state index in [1.807, 2.05) is 12.1 Å². The number of benzene rings is 1. The zero-order chi connectivity index (χ0) is 11.4. The largest absolute Gasteiger partial charge is 0.491 e. The van der Waals surface area contributed by atoms with Crippen LogP contribution in [0.2, 0.25) is 0 Å². The minimum Gasteiger partial charge on any atom is -0.491 e. The molecule has 0 aliphatic heterocycles. The first-order valence-electron chi connectivity index (χ1n) is 4.59.